The minimum atomic E-state index is -1.64. The van der Waals surface area contributed by atoms with Gasteiger partial charge < -0.3 is 61.7 Å². The van der Waals surface area contributed by atoms with Crippen LogP contribution in [0.1, 0.15) is 25.7 Å². The number of rotatable bonds is 19. The zero-order chi connectivity index (χ0) is 23.1. The molecule has 0 unspecified atom stereocenters. The van der Waals surface area contributed by atoms with Crippen molar-refractivity contribution in [2.75, 3.05) is 39.4 Å². The van der Waals surface area contributed by atoms with Crippen LogP contribution in [0.2, 0.25) is 0 Å². The largest absolute Gasteiger partial charge is 0.394 e. The molecule has 0 saturated carbocycles. The highest BCUT2D eigenvalue weighted by Crippen LogP contribution is 2.06. The van der Waals surface area contributed by atoms with Crippen LogP contribution < -0.4 is 10.6 Å². The third-order valence-electron chi connectivity index (χ3n) is 4.81. The highest BCUT2D eigenvalue weighted by atomic mass is 16.4. The van der Waals surface area contributed by atoms with E-state index < -0.39 is 62.0 Å². The number of hydrogen-bond acceptors (Lipinski definition) is 12. The van der Waals surface area contributed by atoms with Crippen molar-refractivity contribution in [3.8, 4) is 0 Å². The molecule has 0 fully saturated rings. The molecule has 0 aliphatic carbocycles. The number of nitrogens with one attached hydrogen (secondary N) is 2. The first-order valence-corrected chi connectivity index (χ1v) is 10.2. The molecule has 0 aromatic rings. The molecule has 0 aromatic heterocycles. The van der Waals surface area contributed by atoms with Gasteiger partial charge in [-0.05, 0) is 25.9 Å². The zero-order valence-corrected chi connectivity index (χ0v) is 17.2. The van der Waals surface area contributed by atoms with Gasteiger partial charge in [0.2, 0.25) is 0 Å². The molecule has 0 heterocycles. The van der Waals surface area contributed by atoms with Crippen LogP contribution >= 0.6 is 0 Å². The molecule has 0 bridgehead atoms. The molecular formula is C18H40N2O10. The van der Waals surface area contributed by atoms with Crippen molar-refractivity contribution >= 4 is 0 Å². The maximum atomic E-state index is 9.74. The van der Waals surface area contributed by atoms with E-state index in [0.717, 1.165) is 25.7 Å². The molecule has 182 valence electrons. The maximum absolute atomic E-state index is 9.74. The van der Waals surface area contributed by atoms with Gasteiger partial charge in [-0.15, -0.1) is 0 Å². The zero-order valence-electron chi connectivity index (χ0n) is 17.2. The highest BCUT2D eigenvalue weighted by Gasteiger charge is 2.30. The first-order valence-electron chi connectivity index (χ1n) is 10.2. The molecule has 12 nitrogen and oxygen atoms in total. The smallest absolute Gasteiger partial charge is 0.111 e. The Balaban J connectivity index is 3.68. The van der Waals surface area contributed by atoms with Gasteiger partial charge in [-0.1, -0.05) is 12.8 Å². The second-order valence-electron chi connectivity index (χ2n) is 7.42. The van der Waals surface area contributed by atoms with Crippen LogP contribution in [0.15, 0.2) is 0 Å². The standard InChI is InChI=1S/C18H40N2O10/c21-9-13(25)17(29)15(27)11(23)7-19-5-3-1-2-4-6-20-8-12(24)16(28)18(30)14(26)10-22/h11-30H,1-10H2/t11-,12-,13+,14+,15+,16+,17-,18+/m0/s1. The first kappa shape index (κ1) is 29.5. The third-order valence-corrected chi connectivity index (χ3v) is 4.81. The third kappa shape index (κ3) is 11.8. The van der Waals surface area contributed by atoms with Gasteiger partial charge in [0.05, 0.1) is 25.4 Å². The quantitative estimate of drug-likeness (QED) is 0.0838. The van der Waals surface area contributed by atoms with Crippen molar-refractivity contribution in [3.05, 3.63) is 0 Å². The van der Waals surface area contributed by atoms with E-state index in [4.69, 9.17) is 10.2 Å². The second-order valence-corrected chi connectivity index (χ2v) is 7.42. The van der Waals surface area contributed by atoms with E-state index in [9.17, 15) is 40.9 Å². The summed E-state index contributed by atoms with van der Waals surface area (Å²) in [5, 5.41) is 99.6. The van der Waals surface area contributed by atoms with Crippen LogP contribution in [0, 0.1) is 0 Å². The number of aliphatic hydroxyl groups excluding tert-OH is 10. The van der Waals surface area contributed by atoms with Crippen LogP contribution in [0.25, 0.3) is 0 Å². The van der Waals surface area contributed by atoms with Crippen molar-refractivity contribution in [2.45, 2.75) is 74.5 Å². The summed E-state index contributed by atoms with van der Waals surface area (Å²) >= 11 is 0. The van der Waals surface area contributed by atoms with Gasteiger partial charge in [-0.2, -0.15) is 0 Å². The fourth-order valence-electron chi connectivity index (χ4n) is 2.72. The monoisotopic (exact) mass is 444 g/mol. The minimum absolute atomic E-state index is 0.0228. The lowest BCUT2D eigenvalue weighted by Gasteiger charge is -2.25. The molecule has 30 heavy (non-hydrogen) atoms. The molecule has 0 amide bonds. The first-order chi connectivity index (χ1) is 14.2. The summed E-state index contributed by atoms with van der Waals surface area (Å²) in [7, 11) is 0. The minimum Gasteiger partial charge on any atom is -0.394 e. The summed E-state index contributed by atoms with van der Waals surface area (Å²) in [6, 6.07) is 0. The summed E-state index contributed by atoms with van der Waals surface area (Å²) in [5.74, 6) is 0. The van der Waals surface area contributed by atoms with E-state index in [1.165, 1.54) is 0 Å². The van der Waals surface area contributed by atoms with Crippen LogP contribution in [-0.4, -0.2) is 139 Å². The topological polar surface area (TPSA) is 226 Å². The van der Waals surface area contributed by atoms with Gasteiger partial charge in [-0.25, -0.2) is 0 Å². The molecule has 0 spiro atoms. The van der Waals surface area contributed by atoms with E-state index in [-0.39, 0.29) is 13.1 Å². The lowest BCUT2D eigenvalue weighted by Crippen LogP contribution is -2.49. The van der Waals surface area contributed by atoms with Crippen LogP contribution in [0.4, 0.5) is 0 Å². The average Bonchev–Trinajstić information content (AvgIpc) is 2.76. The van der Waals surface area contributed by atoms with E-state index in [1.54, 1.807) is 0 Å². The molecular weight excluding hydrogens is 404 g/mol. The van der Waals surface area contributed by atoms with Crippen molar-refractivity contribution in [1.82, 2.24) is 10.6 Å². The second kappa shape index (κ2) is 17.1. The molecule has 0 aliphatic rings. The van der Waals surface area contributed by atoms with Gasteiger partial charge in [-0.3, -0.25) is 0 Å². The lowest BCUT2D eigenvalue weighted by atomic mass is 10.0. The van der Waals surface area contributed by atoms with Crippen molar-refractivity contribution < 1.29 is 51.1 Å². The van der Waals surface area contributed by atoms with Gasteiger partial charge in [0, 0.05) is 13.1 Å². The van der Waals surface area contributed by atoms with E-state index >= 15 is 0 Å². The van der Waals surface area contributed by atoms with Gasteiger partial charge in [0.15, 0.2) is 0 Å². The number of unbranched alkanes of at least 4 members (excludes halogenated alkanes) is 3. The summed E-state index contributed by atoms with van der Waals surface area (Å²) in [6.07, 6.45) is -8.68. The fourth-order valence-corrected chi connectivity index (χ4v) is 2.72. The number of aliphatic hydroxyl groups is 10. The van der Waals surface area contributed by atoms with Crippen molar-refractivity contribution in [2.24, 2.45) is 0 Å². The Labute approximate surface area is 176 Å². The summed E-state index contributed by atoms with van der Waals surface area (Å²) in [4.78, 5) is 0. The van der Waals surface area contributed by atoms with E-state index in [0.29, 0.717) is 13.1 Å². The summed E-state index contributed by atoms with van der Waals surface area (Å²) in [6.45, 7) is -0.245. The highest BCUT2D eigenvalue weighted by molar-refractivity contribution is 4.82. The fraction of sp³-hybridized carbons (Fsp3) is 1.00. The molecule has 8 atom stereocenters. The van der Waals surface area contributed by atoms with Crippen molar-refractivity contribution in [3.63, 3.8) is 0 Å². The molecule has 12 heteroatoms. The molecule has 0 aliphatic heterocycles. The van der Waals surface area contributed by atoms with E-state index in [1.807, 2.05) is 0 Å². The van der Waals surface area contributed by atoms with Gasteiger partial charge in [0.25, 0.3) is 0 Å². The van der Waals surface area contributed by atoms with Gasteiger partial charge >= 0.3 is 0 Å². The van der Waals surface area contributed by atoms with Crippen LogP contribution in [-0.2, 0) is 0 Å². The maximum Gasteiger partial charge on any atom is 0.111 e. The average molecular weight is 445 g/mol. The summed E-state index contributed by atoms with van der Waals surface area (Å²) < 4.78 is 0. The number of hydrogen-bond donors (Lipinski definition) is 12. The predicted octanol–water partition coefficient (Wildman–Crippen LogP) is -5.40. The normalized spacial score (nSPS) is 20.2. The summed E-state index contributed by atoms with van der Waals surface area (Å²) in [5.41, 5.74) is 0. The van der Waals surface area contributed by atoms with E-state index in [2.05, 4.69) is 10.6 Å². The molecule has 0 radical (unpaired) electrons. The predicted molar refractivity (Wildman–Crippen MR) is 106 cm³/mol. The molecule has 0 saturated heterocycles. The Hall–Kier alpha value is -0.480. The Morgan fingerprint density at radius 3 is 1.03 bits per heavy atom. The molecule has 0 aromatic carbocycles. The molecule has 0 rings (SSSR count). The van der Waals surface area contributed by atoms with Crippen LogP contribution in [0.5, 0.6) is 0 Å². The van der Waals surface area contributed by atoms with Crippen molar-refractivity contribution in [1.29, 1.82) is 0 Å². The SMILES string of the molecule is OC[C@@H](O)[C@H](O)[C@H](O)[C@@H](O)CNCCCCCCNC[C@H](O)[C@@H](O)[C@H](O)[C@H](O)CO. The molecule has 12 N–H and O–H groups in total. The Morgan fingerprint density at radius 2 is 0.733 bits per heavy atom. The van der Waals surface area contributed by atoms with Crippen LogP contribution in [0.3, 0.4) is 0 Å². The Kier molecular flexibility index (Phi) is 16.8. The Bertz CT molecular complexity index is 373. The lowest BCUT2D eigenvalue weighted by molar-refractivity contribution is -0.113. The van der Waals surface area contributed by atoms with Gasteiger partial charge in [0.1, 0.15) is 36.6 Å². The Morgan fingerprint density at radius 1 is 0.433 bits per heavy atom.